The molecular formula is C29H32FN3O3. The van der Waals surface area contributed by atoms with Crippen LogP contribution in [0.1, 0.15) is 30.4 Å². The molecule has 3 aromatic rings. The minimum absolute atomic E-state index is 0.108. The summed E-state index contributed by atoms with van der Waals surface area (Å²) in [5.74, 6) is -0.352. The summed E-state index contributed by atoms with van der Waals surface area (Å²) < 4.78 is 18.9. The van der Waals surface area contributed by atoms with Crippen molar-refractivity contribution in [3.63, 3.8) is 0 Å². The minimum Gasteiger partial charge on any atom is -0.385 e. The third kappa shape index (κ3) is 4.73. The first-order valence-corrected chi connectivity index (χ1v) is 12.6. The first-order chi connectivity index (χ1) is 17.5. The smallest absolute Gasteiger partial charge is 0.327 e. The lowest BCUT2D eigenvalue weighted by Gasteiger charge is -2.42. The van der Waals surface area contributed by atoms with Crippen molar-refractivity contribution in [1.29, 1.82) is 0 Å². The summed E-state index contributed by atoms with van der Waals surface area (Å²) in [6.07, 6.45) is 1.80. The van der Waals surface area contributed by atoms with Crippen LogP contribution < -0.4 is 0 Å². The van der Waals surface area contributed by atoms with Crippen molar-refractivity contribution in [3.8, 4) is 0 Å². The Balaban J connectivity index is 1.35. The van der Waals surface area contributed by atoms with Gasteiger partial charge in [0.15, 0.2) is 0 Å². The molecule has 188 valence electrons. The zero-order valence-electron chi connectivity index (χ0n) is 20.7. The molecule has 0 bridgehead atoms. The van der Waals surface area contributed by atoms with Gasteiger partial charge in [-0.1, -0.05) is 48.5 Å². The number of urea groups is 1. The van der Waals surface area contributed by atoms with E-state index in [2.05, 4.69) is 17.0 Å². The summed E-state index contributed by atoms with van der Waals surface area (Å²) in [5, 5.41) is 2.22. The summed E-state index contributed by atoms with van der Waals surface area (Å²) in [5.41, 5.74) is 1.02. The fourth-order valence-corrected chi connectivity index (χ4v) is 5.58. The van der Waals surface area contributed by atoms with Gasteiger partial charge in [0.2, 0.25) is 0 Å². The number of nitrogens with zero attached hydrogens (tertiary/aromatic N) is 3. The van der Waals surface area contributed by atoms with Crippen LogP contribution in [0, 0.1) is 5.82 Å². The van der Waals surface area contributed by atoms with Gasteiger partial charge in [0, 0.05) is 39.9 Å². The number of amides is 3. The monoisotopic (exact) mass is 489 g/mol. The predicted octanol–water partition coefficient (Wildman–Crippen LogP) is 4.81. The third-order valence-electron chi connectivity index (χ3n) is 7.48. The molecule has 2 heterocycles. The first kappa shape index (κ1) is 24.4. The Labute approximate surface area is 211 Å². The van der Waals surface area contributed by atoms with Gasteiger partial charge in [-0.25, -0.2) is 9.18 Å². The zero-order chi connectivity index (χ0) is 25.1. The molecule has 0 aromatic heterocycles. The lowest BCUT2D eigenvalue weighted by molar-refractivity contribution is -0.136. The highest BCUT2D eigenvalue weighted by atomic mass is 19.1. The van der Waals surface area contributed by atoms with E-state index < -0.39 is 5.54 Å². The lowest BCUT2D eigenvalue weighted by Crippen LogP contribution is -2.56. The van der Waals surface area contributed by atoms with Gasteiger partial charge in [-0.05, 0) is 59.4 Å². The molecule has 2 aliphatic heterocycles. The SMILES string of the molecule is COCCCN1C(=O)N(Cc2ccc3ccccc3c2)C(=O)C12CCN(Cc1cccc(F)c1)CC2. The van der Waals surface area contributed by atoms with Crippen molar-refractivity contribution in [2.45, 2.75) is 37.9 Å². The number of imide groups is 1. The van der Waals surface area contributed by atoms with Gasteiger partial charge in [0.1, 0.15) is 11.4 Å². The molecule has 6 nitrogen and oxygen atoms in total. The van der Waals surface area contributed by atoms with Gasteiger partial charge in [-0.15, -0.1) is 0 Å². The number of carbonyl (C=O) groups excluding carboxylic acids is 2. The molecule has 0 unspecified atom stereocenters. The molecule has 2 aliphatic rings. The molecule has 2 fully saturated rings. The summed E-state index contributed by atoms with van der Waals surface area (Å²) in [6.45, 7) is 3.24. The molecule has 3 aromatic carbocycles. The topological polar surface area (TPSA) is 53.1 Å². The van der Waals surface area contributed by atoms with Gasteiger partial charge in [0.05, 0.1) is 6.54 Å². The Bertz CT molecular complexity index is 1260. The summed E-state index contributed by atoms with van der Waals surface area (Å²) >= 11 is 0. The van der Waals surface area contributed by atoms with Crippen molar-refractivity contribution >= 4 is 22.7 Å². The number of benzene rings is 3. The first-order valence-electron chi connectivity index (χ1n) is 12.6. The van der Waals surface area contributed by atoms with Crippen LogP contribution in [0.2, 0.25) is 0 Å². The predicted molar refractivity (Wildman–Crippen MR) is 137 cm³/mol. The summed E-state index contributed by atoms with van der Waals surface area (Å²) in [4.78, 5) is 32.9. The normalized spacial score (nSPS) is 18.1. The Hall–Kier alpha value is -3.29. The standard InChI is InChI=1S/C29H32FN3O3/c1-36-17-5-14-33-28(35)32(21-23-10-11-24-7-2-3-8-25(24)18-23)27(34)29(33)12-15-31(16-13-29)20-22-6-4-9-26(30)19-22/h2-4,6-11,18-19H,5,12-17,20-21H2,1H3. The second-order valence-corrected chi connectivity index (χ2v) is 9.79. The van der Waals surface area contributed by atoms with E-state index in [1.165, 1.54) is 11.0 Å². The van der Waals surface area contributed by atoms with Crippen molar-refractivity contribution in [2.24, 2.45) is 0 Å². The zero-order valence-corrected chi connectivity index (χ0v) is 20.7. The van der Waals surface area contributed by atoms with Crippen LogP contribution in [0.3, 0.4) is 0 Å². The molecule has 0 atom stereocenters. The van der Waals surface area contributed by atoms with E-state index in [0.29, 0.717) is 52.0 Å². The summed E-state index contributed by atoms with van der Waals surface area (Å²) in [6, 6.07) is 20.6. The van der Waals surface area contributed by atoms with Crippen molar-refractivity contribution in [1.82, 2.24) is 14.7 Å². The van der Waals surface area contributed by atoms with Gasteiger partial charge >= 0.3 is 6.03 Å². The van der Waals surface area contributed by atoms with Gasteiger partial charge < -0.3 is 9.64 Å². The van der Waals surface area contributed by atoms with Crippen molar-refractivity contribution < 1.29 is 18.7 Å². The maximum Gasteiger partial charge on any atom is 0.327 e. The molecule has 2 saturated heterocycles. The quantitative estimate of drug-likeness (QED) is 0.337. The van der Waals surface area contributed by atoms with E-state index in [-0.39, 0.29) is 24.3 Å². The number of likely N-dealkylation sites (tertiary alicyclic amines) is 1. The number of hydrogen-bond donors (Lipinski definition) is 0. The summed E-state index contributed by atoms with van der Waals surface area (Å²) in [7, 11) is 1.64. The number of rotatable bonds is 8. The van der Waals surface area contributed by atoms with Crippen LogP contribution in [0.25, 0.3) is 10.8 Å². The average molecular weight is 490 g/mol. The molecular weight excluding hydrogens is 457 g/mol. The number of halogens is 1. The molecule has 0 N–H and O–H groups in total. The average Bonchev–Trinajstić information content (AvgIpc) is 3.07. The molecule has 36 heavy (non-hydrogen) atoms. The highest BCUT2D eigenvalue weighted by Crippen LogP contribution is 2.38. The van der Waals surface area contributed by atoms with E-state index in [0.717, 1.165) is 21.9 Å². The Morgan fingerprint density at radius 1 is 0.889 bits per heavy atom. The maximum atomic E-state index is 13.9. The van der Waals surface area contributed by atoms with E-state index in [4.69, 9.17) is 4.74 Å². The molecule has 0 aliphatic carbocycles. The molecule has 0 saturated carbocycles. The van der Waals surface area contributed by atoms with Crippen LogP contribution in [-0.2, 0) is 22.6 Å². The van der Waals surface area contributed by atoms with Crippen LogP contribution in [0.15, 0.2) is 66.7 Å². The fourth-order valence-electron chi connectivity index (χ4n) is 5.58. The molecule has 7 heteroatoms. The van der Waals surface area contributed by atoms with Gasteiger partial charge in [-0.2, -0.15) is 0 Å². The fraction of sp³-hybridized carbons (Fsp3) is 0.379. The van der Waals surface area contributed by atoms with Crippen LogP contribution in [0.4, 0.5) is 9.18 Å². The minimum atomic E-state index is -0.833. The molecule has 1 spiro atoms. The Morgan fingerprint density at radius 3 is 2.39 bits per heavy atom. The van der Waals surface area contributed by atoms with Gasteiger partial charge in [-0.3, -0.25) is 14.6 Å². The largest absolute Gasteiger partial charge is 0.385 e. The Morgan fingerprint density at radius 2 is 1.64 bits per heavy atom. The third-order valence-corrected chi connectivity index (χ3v) is 7.48. The molecule has 0 radical (unpaired) electrons. The second-order valence-electron chi connectivity index (χ2n) is 9.79. The van der Waals surface area contributed by atoms with Crippen molar-refractivity contribution in [2.75, 3.05) is 33.4 Å². The number of methoxy groups -OCH3 is 1. The van der Waals surface area contributed by atoms with Crippen LogP contribution in [0.5, 0.6) is 0 Å². The van der Waals surface area contributed by atoms with Crippen LogP contribution >= 0.6 is 0 Å². The van der Waals surface area contributed by atoms with E-state index in [1.807, 2.05) is 36.4 Å². The van der Waals surface area contributed by atoms with E-state index in [1.54, 1.807) is 24.1 Å². The number of hydrogen-bond acceptors (Lipinski definition) is 4. The number of carbonyl (C=O) groups is 2. The number of piperidine rings is 1. The Kier molecular flexibility index (Phi) is 7.03. The molecule has 5 rings (SSSR count). The van der Waals surface area contributed by atoms with E-state index >= 15 is 0 Å². The highest BCUT2D eigenvalue weighted by molar-refractivity contribution is 6.07. The highest BCUT2D eigenvalue weighted by Gasteiger charge is 2.57. The lowest BCUT2D eigenvalue weighted by atomic mass is 9.85. The van der Waals surface area contributed by atoms with Gasteiger partial charge in [0.25, 0.3) is 5.91 Å². The maximum absolute atomic E-state index is 13.9. The molecule has 3 amide bonds. The van der Waals surface area contributed by atoms with Crippen LogP contribution in [-0.4, -0.2) is 65.5 Å². The van der Waals surface area contributed by atoms with E-state index in [9.17, 15) is 14.0 Å². The number of fused-ring (bicyclic) bond motifs is 1. The second kappa shape index (κ2) is 10.4. The number of ether oxygens (including phenoxy) is 1. The van der Waals surface area contributed by atoms with Crippen molar-refractivity contribution in [3.05, 3.63) is 83.7 Å².